The van der Waals surface area contributed by atoms with Crippen LogP contribution >= 0.6 is 0 Å². The summed E-state index contributed by atoms with van der Waals surface area (Å²) in [6.07, 6.45) is 2.15. The summed E-state index contributed by atoms with van der Waals surface area (Å²) in [5, 5.41) is 0. The van der Waals surface area contributed by atoms with Crippen molar-refractivity contribution in [2.75, 3.05) is 6.61 Å². The lowest BCUT2D eigenvalue weighted by Crippen LogP contribution is -2.33. The Labute approximate surface area is 86.6 Å². The molecule has 4 nitrogen and oxygen atoms in total. The molecule has 1 unspecified atom stereocenters. The molecular weight excluding hydrogens is 196 g/mol. The first kappa shape index (κ1) is 9.98. The van der Waals surface area contributed by atoms with E-state index in [1.54, 1.807) is 0 Å². The summed E-state index contributed by atoms with van der Waals surface area (Å²) in [6, 6.07) is 0. The molecule has 78 valence electrons. The van der Waals surface area contributed by atoms with E-state index < -0.39 is 6.10 Å². The Balaban J connectivity index is 2.31. The molecule has 0 N–H and O–H groups in total. The number of rotatable bonds is 1. The summed E-state index contributed by atoms with van der Waals surface area (Å²) in [5.74, 6) is -0.484. The number of hydrogen-bond donors (Lipinski definition) is 0. The average Bonchev–Trinajstić information content (AvgIpc) is 2.23. The van der Waals surface area contributed by atoms with Gasteiger partial charge in [-0.3, -0.25) is 14.4 Å². The molecule has 0 aromatic carbocycles. The molecule has 2 aliphatic rings. The van der Waals surface area contributed by atoms with Gasteiger partial charge in [0.2, 0.25) is 0 Å². The Morgan fingerprint density at radius 3 is 2.47 bits per heavy atom. The first-order valence-electron chi connectivity index (χ1n) is 4.70. The minimum absolute atomic E-state index is 0.0640. The molecule has 0 aromatic heterocycles. The van der Waals surface area contributed by atoms with Crippen LogP contribution in [0.25, 0.3) is 0 Å². The summed E-state index contributed by atoms with van der Waals surface area (Å²) in [6.45, 7) is 1.48. The van der Waals surface area contributed by atoms with Gasteiger partial charge in [-0.15, -0.1) is 0 Å². The largest absolute Gasteiger partial charge is 0.365 e. The van der Waals surface area contributed by atoms with Crippen LogP contribution < -0.4 is 0 Å². The molecule has 2 rings (SSSR count). The van der Waals surface area contributed by atoms with Crippen LogP contribution in [0.4, 0.5) is 0 Å². The van der Waals surface area contributed by atoms with Gasteiger partial charge in [0.05, 0.1) is 6.61 Å². The molecule has 4 heteroatoms. The fourth-order valence-corrected chi connectivity index (χ4v) is 1.72. The van der Waals surface area contributed by atoms with Gasteiger partial charge in [0.1, 0.15) is 6.10 Å². The number of hydrogen-bond acceptors (Lipinski definition) is 4. The lowest BCUT2D eigenvalue weighted by molar-refractivity contribution is -0.129. The fourth-order valence-electron chi connectivity index (χ4n) is 1.72. The van der Waals surface area contributed by atoms with Gasteiger partial charge in [0.25, 0.3) is 0 Å². The van der Waals surface area contributed by atoms with E-state index in [4.69, 9.17) is 4.74 Å². The first-order chi connectivity index (χ1) is 7.09. The first-order valence-corrected chi connectivity index (χ1v) is 4.70. The summed E-state index contributed by atoms with van der Waals surface area (Å²) in [7, 11) is 0. The molecule has 0 saturated heterocycles. The van der Waals surface area contributed by atoms with Gasteiger partial charge < -0.3 is 4.74 Å². The lowest BCUT2D eigenvalue weighted by Gasteiger charge is -2.25. The highest BCUT2D eigenvalue weighted by Crippen LogP contribution is 2.25. The number of ether oxygens (including phenoxy) is 1. The van der Waals surface area contributed by atoms with Crippen molar-refractivity contribution in [2.24, 2.45) is 0 Å². The SMILES string of the molecule is CC(=O)C1CC2=C(CO1)C(=O)C=CC2=O. The molecule has 0 saturated carbocycles. The molecular formula is C11H10O4. The van der Waals surface area contributed by atoms with Crippen LogP contribution in [0.5, 0.6) is 0 Å². The summed E-state index contributed by atoms with van der Waals surface area (Å²) >= 11 is 0. The van der Waals surface area contributed by atoms with E-state index in [1.807, 2.05) is 0 Å². The van der Waals surface area contributed by atoms with Crippen molar-refractivity contribution in [3.63, 3.8) is 0 Å². The van der Waals surface area contributed by atoms with Crippen LogP contribution in [0.2, 0.25) is 0 Å². The smallest absolute Gasteiger partial charge is 0.184 e. The van der Waals surface area contributed by atoms with E-state index in [0.717, 1.165) is 0 Å². The third-order valence-corrected chi connectivity index (χ3v) is 2.62. The normalized spacial score (nSPS) is 25.5. The van der Waals surface area contributed by atoms with E-state index in [2.05, 4.69) is 0 Å². The number of allylic oxidation sites excluding steroid dienone is 2. The zero-order chi connectivity index (χ0) is 11.0. The van der Waals surface area contributed by atoms with Crippen molar-refractivity contribution < 1.29 is 19.1 Å². The van der Waals surface area contributed by atoms with Gasteiger partial charge >= 0.3 is 0 Å². The Kier molecular flexibility index (Phi) is 2.36. The van der Waals surface area contributed by atoms with Crippen LogP contribution in [0, 0.1) is 0 Å². The highest BCUT2D eigenvalue weighted by Gasteiger charge is 2.31. The minimum Gasteiger partial charge on any atom is -0.365 e. The third-order valence-electron chi connectivity index (χ3n) is 2.62. The van der Waals surface area contributed by atoms with Crippen LogP contribution in [-0.4, -0.2) is 30.1 Å². The third kappa shape index (κ3) is 1.68. The topological polar surface area (TPSA) is 60.4 Å². The van der Waals surface area contributed by atoms with Gasteiger partial charge in [0.15, 0.2) is 17.3 Å². The monoisotopic (exact) mass is 206 g/mol. The zero-order valence-electron chi connectivity index (χ0n) is 8.28. The van der Waals surface area contributed by atoms with Crippen molar-refractivity contribution in [2.45, 2.75) is 19.4 Å². The second-order valence-electron chi connectivity index (χ2n) is 3.63. The second kappa shape index (κ2) is 3.55. The van der Waals surface area contributed by atoms with Crippen LogP contribution in [0.15, 0.2) is 23.3 Å². The van der Waals surface area contributed by atoms with Crippen LogP contribution in [0.3, 0.4) is 0 Å². The van der Waals surface area contributed by atoms with Crippen molar-refractivity contribution in [1.82, 2.24) is 0 Å². The molecule has 0 amide bonds. The van der Waals surface area contributed by atoms with E-state index in [9.17, 15) is 14.4 Å². The predicted octanol–water partition coefficient (Wildman–Crippen LogP) is 0.369. The maximum absolute atomic E-state index is 11.5. The van der Waals surface area contributed by atoms with Gasteiger partial charge in [-0.1, -0.05) is 0 Å². The summed E-state index contributed by atoms with van der Waals surface area (Å²) < 4.78 is 5.21. The highest BCUT2D eigenvalue weighted by atomic mass is 16.5. The molecule has 0 aromatic rings. The van der Waals surface area contributed by atoms with Gasteiger partial charge in [-0.05, 0) is 19.1 Å². The van der Waals surface area contributed by atoms with Crippen molar-refractivity contribution in [3.8, 4) is 0 Å². The Bertz CT molecular complexity index is 414. The van der Waals surface area contributed by atoms with Crippen molar-refractivity contribution >= 4 is 17.3 Å². The van der Waals surface area contributed by atoms with Crippen molar-refractivity contribution in [1.29, 1.82) is 0 Å². The minimum atomic E-state index is -0.577. The average molecular weight is 206 g/mol. The maximum Gasteiger partial charge on any atom is 0.184 e. The van der Waals surface area contributed by atoms with Crippen LogP contribution in [0.1, 0.15) is 13.3 Å². The van der Waals surface area contributed by atoms with Crippen LogP contribution in [-0.2, 0) is 19.1 Å². The van der Waals surface area contributed by atoms with Crippen molar-refractivity contribution in [3.05, 3.63) is 23.3 Å². The Hall–Kier alpha value is -1.55. The molecule has 1 atom stereocenters. The zero-order valence-corrected chi connectivity index (χ0v) is 8.28. The molecule has 0 bridgehead atoms. The summed E-state index contributed by atoms with van der Waals surface area (Å²) in [5.41, 5.74) is 0.842. The molecule has 1 heterocycles. The number of carbonyl (C=O) groups excluding carboxylic acids is 3. The Morgan fingerprint density at radius 2 is 1.87 bits per heavy atom. The Morgan fingerprint density at radius 1 is 1.27 bits per heavy atom. The molecule has 1 aliphatic carbocycles. The molecule has 15 heavy (non-hydrogen) atoms. The second-order valence-corrected chi connectivity index (χ2v) is 3.63. The molecule has 1 aliphatic heterocycles. The van der Waals surface area contributed by atoms with E-state index in [-0.39, 0.29) is 30.4 Å². The quantitative estimate of drug-likeness (QED) is 0.581. The molecule has 0 radical (unpaired) electrons. The van der Waals surface area contributed by atoms with Gasteiger partial charge in [-0.2, -0.15) is 0 Å². The lowest BCUT2D eigenvalue weighted by atomic mass is 9.88. The predicted molar refractivity (Wildman–Crippen MR) is 51.2 cm³/mol. The number of ketones is 3. The standard InChI is InChI=1S/C11H10O4/c1-6(12)11-4-7-8(5-15-11)10(14)3-2-9(7)13/h2-3,11H,4-5H2,1H3. The molecule has 0 fully saturated rings. The highest BCUT2D eigenvalue weighted by molar-refractivity contribution is 6.20. The van der Waals surface area contributed by atoms with E-state index in [1.165, 1.54) is 19.1 Å². The maximum atomic E-state index is 11.5. The van der Waals surface area contributed by atoms with Gasteiger partial charge in [0, 0.05) is 17.6 Å². The molecule has 0 spiro atoms. The number of Topliss-reactive ketones (excluding diaryl/α,β-unsaturated/α-hetero) is 1. The fraction of sp³-hybridized carbons (Fsp3) is 0.364. The van der Waals surface area contributed by atoms with E-state index >= 15 is 0 Å². The number of carbonyl (C=O) groups is 3. The summed E-state index contributed by atoms with van der Waals surface area (Å²) in [4.78, 5) is 34.0. The van der Waals surface area contributed by atoms with E-state index in [0.29, 0.717) is 11.1 Å². The van der Waals surface area contributed by atoms with Gasteiger partial charge in [-0.25, -0.2) is 0 Å².